The van der Waals surface area contributed by atoms with Gasteiger partial charge in [0.25, 0.3) is 0 Å². The molecule has 0 spiro atoms. The van der Waals surface area contributed by atoms with Crippen LogP contribution in [-0.2, 0) is 6.54 Å². The SMILES string of the molecule is COc1ccc(CN2C[C@@H]3[C@@H]4CC[C@@H](C4)[C@@H]3C2)cc1C(=O)O. The van der Waals surface area contributed by atoms with Crippen molar-refractivity contribution >= 4 is 5.97 Å². The maximum Gasteiger partial charge on any atom is 0.339 e. The van der Waals surface area contributed by atoms with Gasteiger partial charge in [-0.3, -0.25) is 4.90 Å². The molecule has 1 aromatic rings. The maximum atomic E-state index is 11.3. The molecule has 1 N–H and O–H groups in total. The van der Waals surface area contributed by atoms with Crippen LogP contribution in [0.3, 0.4) is 0 Å². The summed E-state index contributed by atoms with van der Waals surface area (Å²) in [6.07, 6.45) is 4.34. The van der Waals surface area contributed by atoms with Crippen molar-refractivity contribution in [1.29, 1.82) is 0 Å². The summed E-state index contributed by atoms with van der Waals surface area (Å²) in [6, 6.07) is 5.54. The minimum absolute atomic E-state index is 0.263. The Labute approximate surface area is 131 Å². The molecule has 118 valence electrons. The van der Waals surface area contributed by atoms with Crippen molar-refractivity contribution < 1.29 is 14.6 Å². The molecule has 0 radical (unpaired) electrons. The number of hydrogen-bond acceptors (Lipinski definition) is 3. The molecule has 1 aromatic carbocycles. The summed E-state index contributed by atoms with van der Waals surface area (Å²) >= 11 is 0. The van der Waals surface area contributed by atoms with Gasteiger partial charge < -0.3 is 9.84 Å². The molecule has 4 atom stereocenters. The summed E-state index contributed by atoms with van der Waals surface area (Å²) < 4.78 is 5.13. The van der Waals surface area contributed by atoms with Crippen molar-refractivity contribution in [2.45, 2.75) is 25.8 Å². The van der Waals surface area contributed by atoms with Gasteiger partial charge in [-0.25, -0.2) is 4.79 Å². The second-order valence-corrected chi connectivity index (χ2v) is 7.19. The van der Waals surface area contributed by atoms with Crippen molar-refractivity contribution in [3.8, 4) is 5.75 Å². The lowest BCUT2D eigenvalue weighted by Crippen LogP contribution is -2.22. The lowest BCUT2D eigenvalue weighted by atomic mass is 9.82. The van der Waals surface area contributed by atoms with Crippen LogP contribution in [0.1, 0.15) is 35.2 Å². The van der Waals surface area contributed by atoms with Crippen LogP contribution in [0, 0.1) is 23.7 Å². The zero-order chi connectivity index (χ0) is 15.3. The van der Waals surface area contributed by atoms with Crippen LogP contribution in [-0.4, -0.2) is 36.2 Å². The minimum atomic E-state index is -0.921. The first-order valence-corrected chi connectivity index (χ1v) is 8.28. The molecule has 2 bridgehead atoms. The summed E-state index contributed by atoms with van der Waals surface area (Å²) in [5.74, 6) is 3.24. The monoisotopic (exact) mass is 301 g/mol. The number of methoxy groups -OCH3 is 1. The number of nitrogens with zero attached hydrogens (tertiary/aromatic N) is 1. The first-order chi connectivity index (χ1) is 10.7. The molecule has 22 heavy (non-hydrogen) atoms. The second kappa shape index (κ2) is 5.27. The van der Waals surface area contributed by atoms with Crippen LogP contribution in [0.25, 0.3) is 0 Å². The summed E-state index contributed by atoms with van der Waals surface area (Å²) in [5, 5.41) is 9.30. The average Bonchev–Trinajstić information content (AvgIpc) is 3.19. The van der Waals surface area contributed by atoms with Crippen LogP contribution in [0.5, 0.6) is 5.75 Å². The van der Waals surface area contributed by atoms with Gasteiger partial charge in [0, 0.05) is 19.6 Å². The standard InChI is InChI=1S/C18H23NO3/c1-22-17-5-2-11(6-14(17)18(20)21)8-19-9-15-12-3-4-13(7-12)16(15)10-19/h2,5-6,12-13,15-16H,3-4,7-10H2,1H3,(H,20,21)/t12-,13+,15-,16+. The number of carboxylic acid groups (broad SMARTS) is 1. The van der Waals surface area contributed by atoms with E-state index in [1.807, 2.05) is 6.07 Å². The smallest absolute Gasteiger partial charge is 0.339 e. The van der Waals surface area contributed by atoms with E-state index in [9.17, 15) is 9.90 Å². The maximum absolute atomic E-state index is 11.3. The van der Waals surface area contributed by atoms with Crippen LogP contribution < -0.4 is 4.74 Å². The van der Waals surface area contributed by atoms with E-state index in [0.717, 1.165) is 35.8 Å². The fraction of sp³-hybridized carbons (Fsp3) is 0.611. The predicted octanol–water partition coefficient (Wildman–Crippen LogP) is 2.87. The van der Waals surface area contributed by atoms with Gasteiger partial charge >= 0.3 is 5.97 Å². The Morgan fingerprint density at radius 1 is 1.27 bits per heavy atom. The Morgan fingerprint density at radius 2 is 1.95 bits per heavy atom. The van der Waals surface area contributed by atoms with Gasteiger partial charge in [0.2, 0.25) is 0 Å². The molecule has 1 aliphatic heterocycles. The molecule has 0 unspecified atom stereocenters. The van der Waals surface area contributed by atoms with Crippen LogP contribution in [0.4, 0.5) is 0 Å². The van der Waals surface area contributed by atoms with Crippen molar-refractivity contribution in [2.75, 3.05) is 20.2 Å². The predicted molar refractivity (Wildman–Crippen MR) is 83.0 cm³/mol. The van der Waals surface area contributed by atoms with Crippen molar-refractivity contribution in [3.05, 3.63) is 29.3 Å². The van der Waals surface area contributed by atoms with E-state index in [-0.39, 0.29) is 5.56 Å². The van der Waals surface area contributed by atoms with E-state index in [4.69, 9.17) is 4.74 Å². The highest BCUT2D eigenvalue weighted by atomic mass is 16.5. The molecule has 3 aliphatic rings. The Balaban J connectivity index is 1.48. The average molecular weight is 301 g/mol. The van der Waals surface area contributed by atoms with Crippen LogP contribution >= 0.6 is 0 Å². The molecule has 3 fully saturated rings. The molecule has 1 saturated heterocycles. The summed E-state index contributed by atoms with van der Waals surface area (Å²) in [4.78, 5) is 13.9. The zero-order valence-electron chi connectivity index (χ0n) is 13.0. The molecule has 4 nitrogen and oxygen atoms in total. The quantitative estimate of drug-likeness (QED) is 0.929. The highest BCUT2D eigenvalue weighted by molar-refractivity contribution is 5.91. The number of likely N-dealkylation sites (tertiary alicyclic amines) is 1. The summed E-state index contributed by atoms with van der Waals surface area (Å²) in [7, 11) is 1.51. The third-order valence-corrected chi connectivity index (χ3v) is 6.11. The first kappa shape index (κ1) is 14.1. The molecule has 0 aromatic heterocycles. The number of rotatable bonds is 4. The van der Waals surface area contributed by atoms with E-state index >= 15 is 0 Å². The third kappa shape index (κ3) is 2.21. The van der Waals surface area contributed by atoms with Gasteiger partial charge in [-0.1, -0.05) is 6.07 Å². The number of aromatic carboxylic acids is 1. The van der Waals surface area contributed by atoms with Gasteiger partial charge in [-0.05, 0) is 60.6 Å². The molecule has 2 saturated carbocycles. The molecular weight excluding hydrogens is 278 g/mol. The van der Waals surface area contributed by atoms with E-state index in [0.29, 0.717) is 5.75 Å². The van der Waals surface area contributed by atoms with Gasteiger partial charge in [-0.2, -0.15) is 0 Å². The number of carboxylic acids is 1. The Bertz CT molecular complexity index is 582. The number of benzene rings is 1. The number of hydrogen-bond donors (Lipinski definition) is 1. The van der Waals surface area contributed by atoms with E-state index < -0.39 is 5.97 Å². The van der Waals surface area contributed by atoms with Crippen molar-refractivity contribution in [1.82, 2.24) is 4.90 Å². The van der Waals surface area contributed by atoms with Crippen LogP contribution in [0.15, 0.2) is 18.2 Å². The van der Waals surface area contributed by atoms with Crippen molar-refractivity contribution in [3.63, 3.8) is 0 Å². The number of carbonyl (C=O) groups is 1. The summed E-state index contributed by atoms with van der Waals surface area (Å²) in [5.41, 5.74) is 1.34. The van der Waals surface area contributed by atoms with E-state index in [2.05, 4.69) is 4.90 Å². The highest BCUT2D eigenvalue weighted by Gasteiger charge is 2.51. The molecular formula is C18H23NO3. The first-order valence-electron chi connectivity index (χ1n) is 8.28. The molecule has 0 amide bonds. The topological polar surface area (TPSA) is 49.8 Å². The zero-order valence-corrected chi connectivity index (χ0v) is 13.0. The van der Waals surface area contributed by atoms with Gasteiger partial charge in [-0.15, -0.1) is 0 Å². The fourth-order valence-electron chi connectivity index (χ4n) is 5.18. The Hall–Kier alpha value is -1.55. The molecule has 2 aliphatic carbocycles. The van der Waals surface area contributed by atoms with Crippen molar-refractivity contribution in [2.24, 2.45) is 23.7 Å². The number of fused-ring (bicyclic) bond motifs is 5. The largest absolute Gasteiger partial charge is 0.496 e. The van der Waals surface area contributed by atoms with Crippen LogP contribution in [0.2, 0.25) is 0 Å². The second-order valence-electron chi connectivity index (χ2n) is 7.19. The van der Waals surface area contributed by atoms with Gasteiger partial charge in [0.1, 0.15) is 11.3 Å². The number of ether oxygens (including phenoxy) is 1. The van der Waals surface area contributed by atoms with E-state index in [1.165, 1.54) is 39.5 Å². The van der Waals surface area contributed by atoms with Gasteiger partial charge in [0.15, 0.2) is 0 Å². The lowest BCUT2D eigenvalue weighted by Gasteiger charge is -2.22. The summed E-state index contributed by atoms with van der Waals surface area (Å²) in [6.45, 7) is 3.25. The lowest BCUT2D eigenvalue weighted by molar-refractivity contribution is 0.0693. The highest BCUT2D eigenvalue weighted by Crippen LogP contribution is 2.55. The Morgan fingerprint density at radius 3 is 2.55 bits per heavy atom. The van der Waals surface area contributed by atoms with Gasteiger partial charge in [0.05, 0.1) is 7.11 Å². The minimum Gasteiger partial charge on any atom is -0.496 e. The third-order valence-electron chi connectivity index (χ3n) is 6.11. The molecule has 1 heterocycles. The normalized spacial score (nSPS) is 33.1. The molecule has 4 rings (SSSR count). The Kier molecular flexibility index (Phi) is 3.37. The fourth-order valence-corrected chi connectivity index (χ4v) is 5.18. The van der Waals surface area contributed by atoms with E-state index in [1.54, 1.807) is 12.1 Å². The molecule has 4 heteroatoms.